The van der Waals surface area contributed by atoms with Crippen molar-refractivity contribution in [3.63, 3.8) is 0 Å². The van der Waals surface area contributed by atoms with E-state index in [9.17, 15) is 8.78 Å². The topological polar surface area (TPSA) is 30.5 Å². The van der Waals surface area contributed by atoms with Gasteiger partial charge in [-0.05, 0) is 17.7 Å². The molecule has 2 aromatic carbocycles. The van der Waals surface area contributed by atoms with Gasteiger partial charge in [0, 0.05) is 18.7 Å². The third-order valence-electron chi connectivity index (χ3n) is 2.94. The van der Waals surface area contributed by atoms with Gasteiger partial charge >= 0.3 is 0 Å². The van der Waals surface area contributed by atoms with Crippen LogP contribution in [0.25, 0.3) is 0 Å². The van der Waals surface area contributed by atoms with Gasteiger partial charge in [-0.15, -0.1) is 0 Å². The molecule has 0 saturated carbocycles. The van der Waals surface area contributed by atoms with Crippen LogP contribution >= 0.6 is 11.6 Å². The van der Waals surface area contributed by atoms with Gasteiger partial charge in [0.1, 0.15) is 0 Å². The molecule has 6 heteroatoms. The number of halogens is 3. The summed E-state index contributed by atoms with van der Waals surface area (Å²) in [5.74, 6) is -0.717. The lowest BCUT2D eigenvalue weighted by Gasteiger charge is -2.13. The maximum Gasteiger partial charge on any atom is 0.162 e. The highest BCUT2D eigenvalue weighted by atomic mass is 35.5. The Bertz CT molecular complexity index is 650. The first-order valence-electron chi connectivity index (χ1n) is 6.14. The summed E-state index contributed by atoms with van der Waals surface area (Å²) in [5, 5.41) is 3.49. The molecule has 0 amide bonds. The van der Waals surface area contributed by atoms with E-state index in [0.29, 0.717) is 34.3 Å². The maximum absolute atomic E-state index is 13.1. The highest BCUT2D eigenvalue weighted by Gasteiger charge is 2.10. The van der Waals surface area contributed by atoms with Crippen LogP contribution in [0.2, 0.25) is 5.02 Å². The van der Waals surface area contributed by atoms with Crippen LogP contribution in [0.3, 0.4) is 0 Å². The van der Waals surface area contributed by atoms with Crippen LogP contribution in [0.1, 0.15) is 5.56 Å². The van der Waals surface area contributed by atoms with E-state index in [-0.39, 0.29) is 0 Å². The lowest BCUT2D eigenvalue weighted by molar-refractivity contribution is 0.355. The van der Waals surface area contributed by atoms with Gasteiger partial charge in [0.2, 0.25) is 0 Å². The first kappa shape index (κ1) is 15.4. The quantitative estimate of drug-likeness (QED) is 0.895. The first-order valence-corrected chi connectivity index (χ1v) is 6.52. The number of hydrogen-bond acceptors (Lipinski definition) is 3. The van der Waals surface area contributed by atoms with Gasteiger partial charge in [0.25, 0.3) is 0 Å². The monoisotopic (exact) mass is 313 g/mol. The van der Waals surface area contributed by atoms with E-state index in [4.69, 9.17) is 21.1 Å². The maximum atomic E-state index is 13.1. The fraction of sp³-hybridized carbons (Fsp3) is 0.200. The molecule has 1 N–H and O–H groups in total. The molecule has 0 bridgehead atoms. The summed E-state index contributed by atoms with van der Waals surface area (Å²) in [4.78, 5) is 0. The zero-order valence-corrected chi connectivity index (χ0v) is 12.3. The van der Waals surface area contributed by atoms with Crippen LogP contribution in [-0.2, 0) is 6.54 Å². The third kappa shape index (κ3) is 3.55. The summed E-state index contributed by atoms with van der Waals surface area (Å²) in [6, 6.07) is 7.02. The first-order chi connectivity index (χ1) is 10.0. The Morgan fingerprint density at radius 2 is 1.67 bits per heavy atom. The highest BCUT2D eigenvalue weighted by Crippen LogP contribution is 2.36. The number of methoxy groups -OCH3 is 2. The molecule has 112 valence electrons. The molecule has 0 saturated heterocycles. The van der Waals surface area contributed by atoms with Crippen LogP contribution in [0, 0.1) is 11.6 Å². The average Bonchev–Trinajstić information content (AvgIpc) is 2.49. The molecule has 0 atom stereocenters. The Balaban J connectivity index is 2.17. The van der Waals surface area contributed by atoms with Crippen LogP contribution < -0.4 is 14.8 Å². The average molecular weight is 314 g/mol. The Labute approximate surface area is 126 Å². The molecule has 0 fully saturated rings. The Hall–Kier alpha value is -2.01. The number of nitrogens with one attached hydrogen (secondary N) is 1. The van der Waals surface area contributed by atoms with Crippen molar-refractivity contribution < 1.29 is 18.3 Å². The van der Waals surface area contributed by atoms with E-state index < -0.39 is 11.6 Å². The minimum Gasteiger partial charge on any atom is -0.493 e. The summed E-state index contributed by atoms with van der Waals surface area (Å²) >= 11 is 6.13. The molecule has 0 radical (unpaired) electrons. The van der Waals surface area contributed by atoms with Crippen molar-refractivity contribution in [2.75, 3.05) is 19.5 Å². The van der Waals surface area contributed by atoms with Crippen molar-refractivity contribution in [2.45, 2.75) is 6.54 Å². The number of rotatable bonds is 5. The SMILES string of the molecule is COc1cc(Cl)c(NCc2ccc(F)c(F)c2)cc1OC. The van der Waals surface area contributed by atoms with Crippen molar-refractivity contribution in [2.24, 2.45) is 0 Å². The highest BCUT2D eigenvalue weighted by molar-refractivity contribution is 6.33. The molecule has 0 aliphatic carbocycles. The smallest absolute Gasteiger partial charge is 0.162 e. The van der Waals surface area contributed by atoms with E-state index in [1.165, 1.54) is 20.3 Å². The van der Waals surface area contributed by atoms with Gasteiger partial charge in [-0.25, -0.2) is 8.78 Å². The molecule has 0 spiro atoms. The van der Waals surface area contributed by atoms with Crippen molar-refractivity contribution in [3.05, 3.63) is 52.6 Å². The van der Waals surface area contributed by atoms with Crippen LogP contribution in [0.5, 0.6) is 11.5 Å². The van der Waals surface area contributed by atoms with Gasteiger partial charge in [0.15, 0.2) is 23.1 Å². The van der Waals surface area contributed by atoms with Crippen LogP contribution in [-0.4, -0.2) is 14.2 Å². The molecule has 2 rings (SSSR count). The Morgan fingerprint density at radius 1 is 1.00 bits per heavy atom. The summed E-state index contributed by atoms with van der Waals surface area (Å²) in [7, 11) is 3.04. The van der Waals surface area contributed by atoms with Crippen LogP contribution in [0.15, 0.2) is 30.3 Å². The molecule has 0 unspecified atom stereocenters. The predicted molar refractivity (Wildman–Crippen MR) is 78.2 cm³/mol. The molecule has 3 nitrogen and oxygen atoms in total. The largest absolute Gasteiger partial charge is 0.493 e. The summed E-state index contributed by atoms with van der Waals surface area (Å²) in [6.45, 7) is 0.298. The summed E-state index contributed by atoms with van der Waals surface area (Å²) in [5.41, 5.74) is 1.21. The minimum atomic E-state index is -0.882. The number of ether oxygens (including phenoxy) is 2. The summed E-state index contributed by atoms with van der Waals surface area (Å²) in [6.07, 6.45) is 0. The van der Waals surface area contributed by atoms with Gasteiger partial charge in [-0.2, -0.15) is 0 Å². The minimum absolute atomic E-state index is 0.298. The lowest BCUT2D eigenvalue weighted by atomic mass is 10.2. The van der Waals surface area contributed by atoms with Gasteiger partial charge in [-0.3, -0.25) is 0 Å². The van der Waals surface area contributed by atoms with Crippen LogP contribution in [0.4, 0.5) is 14.5 Å². The molecule has 0 aliphatic rings. The third-order valence-corrected chi connectivity index (χ3v) is 3.25. The molecule has 0 heterocycles. The Kier molecular flexibility index (Phi) is 4.85. The van der Waals surface area contributed by atoms with E-state index in [2.05, 4.69) is 5.32 Å². The fourth-order valence-electron chi connectivity index (χ4n) is 1.84. The number of benzene rings is 2. The summed E-state index contributed by atoms with van der Waals surface area (Å²) < 4.78 is 36.3. The van der Waals surface area contributed by atoms with E-state index in [0.717, 1.165) is 12.1 Å². The second-order valence-electron chi connectivity index (χ2n) is 4.29. The van der Waals surface area contributed by atoms with E-state index >= 15 is 0 Å². The van der Waals surface area contributed by atoms with Gasteiger partial charge in [-0.1, -0.05) is 17.7 Å². The van der Waals surface area contributed by atoms with E-state index in [1.54, 1.807) is 12.1 Å². The van der Waals surface area contributed by atoms with Gasteiger partial charge in [0.05, 0.1) is 24.9 Å². The number of hydrogen-bond donors (Lipinski definition) is 1. The molecule has 0 aliphatic heterocycles. The van der Waals surface area contributed by atoms with Crippen molar-refractivity contribution in [1.29, 1.82) is 0 Å². The normalized spacial score (nSPS) is 10.3. The van der Waals surface area contributed by atoms with Crippen molar-refractivity contribution in [3.8, 4) is 11.5 Å². The van der Waals surface area contributed by atoms with Crippen molar-refractivity contribution >= 4 is 17.3 Å². The van der Waals surface area contributed by atoms with E-state index in [1.807, 2.05) is 0 Å². The second-order valence-corrected chi connectivity index (χ2v) is 4.70. The standard InChI is InChI=1S/C15H14ClF2NO2/c1-20-14-6-10(16)13(7-15(14)21-2)19-8-9-3-4-11(17)12(18)5-9/h3-7,19H,8H2,1-2H3. The Morgan fingerprint density at radius 3 is 2.29 bits per heavy atom. The lowest BCUT2D eigenvalue weighted by Crippen LogP contribution is -2.02. The second kappa shape index (κ2) is 6.63. The van der Waals surface area contributed by atoms with Gasteiger partial charge < -0.3 is 14.8 Å². The molecular formula is C15H14ClF2NO2. The number of anilines is 1. The zero-order chi connectivity index (χ0) is 15.4. The van der Waals surface area contributed by atoms with Crippen molar-refractivity contribution in [1.82, 2.24) is 0 Å². The zero-order valence-electron chi connectivity index (χ0n) is 11.5. The fourth-order valence-corrected chi connectivity index (χ4v) is 2.06. The molecular weight excluding hydrogens is 300 g/mol. The molecule has 0 aromatic heterocycles. The predicted octanol–water partition coefficient (Wildman–Crippen LogP) is 4.25. The molecule has 21 heavy (non-hydrogen) atoms. The molecule has 2 aromatic rings.